The van der Waals surface area contributed by atoms with Gasteiger partial charge >= 0.3 is 0 Å². The Morgan fingerprint density at radius 3 is 2.78 bits per heavy atom. The van der Waals surface area contributed by atoms with E-state index in [0.717, 1.165) is 19.5 Å². The zero-order valence-electron chi connectivity index (χ0n) is 9.87. The van der Waals surface area contributed by atoms with E-state index in [-0.39, 0.29) is 18.0 Å². The van der Waals surface area contributed by atoms with E-state index in [0.29, 0.717) is 10.9 Å². The van der Waals surface area contributed by atoms with E-state index < -0.39 is 0 Å². The van der Waals surface area contributed by atoms with E-state index >= 15 is 0 Å². The van der Waals surface area contributed by atoms with Crippen LogP contribution in [0.1, 0.15) is 6.42 Å². The first-order valence-corrected chi connectivity index (χ1v) is 5.98. The normalized spacial score (nSPS) is 14.6. The summed E-state index contributed by atoms with van der Waals surface area (Å²) in [5.74, 6) is -0.0135. The van der Waals surface area contributed by atoms with E-state index in [2.05, 4.69) is 4.98 Å². The molecule has 0 unspecified atom stereocenters. The molecule has 1 aliphatic rings. The molecule has 1 aromatic carbocycles. The van der Waals surface area contributed by atoms with Gasteiger partial charge in [-0.1, -0.05) is 12.1 Å². The van der Waals surface area contributed by atoms with Gasteiger partial charge in [0, 0.05) is 13.1 Å². The van der Waals surface area contributed by atoms with Crippen LogP contribution in [0.4, 0.5) is 0 Å². The Hall–Kier alpha value is -2.17. The highest BCUT2D eigenvalue weighted by molar-refractivity contribution is 5.79. The van der Waals surface area contributed by atoms with Crippen LogP contribution in [0.2, 0.25) is 0 Å². The van der Waals surface area contributed by atoms with Crippen LogP contribution in [0, 0.1) is 0 Å². The number of rotatable bonds is 2. The number of aromatic nitrogens is 2. The number of carbonyl (C=O) groups is 1. The molecule has 2 heterocycles. The predicted molar refractivity (Wildman–Crippen MR) is 67.2 cm³/mol. The molecule has 0 radical (unpaired) electrons. The summed E-state index contributed by atoms with van der Waals surface area (Å²) in [6, 6.07) is 7.16. The second-order valence-corrected chi connectivity index (χ2v) is 4.43. The number of carbonyl (C=O) groups excluding carboxylic acids is 1. The topological polar surface area (TPSA) is 55.2 Å². The van der Waals surface area contributed by atoms with Gasteiger partial charge in [0.2, 0.25) is 5.91 Å². The number of hydrogen-bond donors (Lipinski definition) is 0. The first kappa shape index (κ1) is 11.0. The number of benzene rings is 1. The fraction of sp³-hybridized carbons (Fsp3) is 0.308. The number of likely N-dealkylation sites (tertiary alicyclic amines) is 1. The molecule has 92 valence electrons. The molecular weight excluding hydrogens is 230 g/mol. The van der Waals surface area contributed by atoms with Crippen molar-refractivity contribution in [3.63, 3.8) is 0 Å². The number of nitrogens with zero attached hydrogens (tertiary/aromatic N) is 3. The maximum atomic E-state index is 12.1. The highest BCUT2D eigenvalue weighted by atomic mass is 16.2. The van der Waals surface area contributed by atoms with Crippen molar-refractivity contribution in [3.8, 4) is 0 Å². The van der Waals surface area contributed by atoms with Crippen LogP contribution < -0.4 is 5.56 Å². The van der Waals surface area contributed by atoms with E-state index in [9.17, 15) is 9.59 Å². The summed E-state index contributed by atoms with van der Waals surface area (Å²) in [7, 11) is 0. The van der Waals surface area contributed by atoms with Crippen LogP contribution in [0.15, 0.2) is 35.4 Å². The second kappa shape index (κ2) is 4.25. The Morgan fingerprint density at radius 1 is 1.28 bits per heavy atom. The van der Waals surface area contributed by atoms with Crippen molar-refractivity contribution < 1.29 is 4.79 Å². The highest BCUT2D eigenvalue weighted by Crippen LogP contribution is 2.08. The van der Waals surface area contributed by atoms with E-state index in [1.54, 1.807) is 23.1 Å². The van der Waals surface area contributed by atoms with Crippen LogP contribution in [0.5, 0.6) is 0 Å². The van der Waals surface area contributed by atoms with Gasteiger partial charge in [0.25, 0.3) is 5.56 Å². The van der Waals surface area contributed by atoms with Crippen LogP contribution in [-0.4, -0.2) is 33.4 Å². The third kappa shape index (κ3) is 1.77. The van der Waals surface area contributed by atoms with Crippen LogP contribution in [-0.2, 0) is 11.3 Å². The number of amides is 1. The molecule has 1 fully saturated rings. The van der Waals surface area contributed by atoms with Gasteiger partial charge in [-0.05, 0) is 18.6 Å². The van der Waals surface area contributed by atoms with E-state index in [1.807, 2.05) is 6.07 Å². The maximum Gasteiger partial charge on any atom is 0.261 e. The third-order valence-electron chi connectivity index (χ3n) is 3.25. The smallest absolute Gasteiger partial charge is 0.261 e. The summed E-state index contributed by atoms with van der Waals surface area (Å²) in [5.41, 5.74) is 0.504. The largest absolute Gasteiger partial charge is 0.341 e. The van der Waals surface area contributed by atoms with Crippen molar-refractivity contribution in [1.29, 1.82) is 0 Å². The van der Waals surface area contributed by atoms with E-state index in [4.69, 9.17) is 0 Å². The molecule has 1 aromatic heterocycles. The Kier molecular flexibility index (Phi) is 2.59. The van der Waals surface area contributed by atoms with Gasteiger partial charge < -0.3 is 4.90 Å². The Labute approximate surface area is 104 Å². The van der Waals surface area contributed by atoms with Gasteiger partial charge in [0.15, 0.2) is 0 Å². The van der Waals surface area contributed by atoms with Crippen molar-refractivity contribution in [3.05, 3.63) is 40.9 Å². The molecule has 0 spiro atoms. The molecule has 1 saturated heterocycles. The molecule has 0 bridgehead atoms. The van der Waals surface area contributed by atoms with Gasteiger partial charge in [-0.3, -0.25) is 14.2 Å². The summed E-state index contributed by atoms with van der Waals surface area (Å²) in [4.78, 5) is 29.9. The van der Waals surface area contributed by atoms with E-state index in [1.165, 1.54) is 10.9 Å². The lowest BCUT2D eigenvalue weighted by atomic mass is 10.2. The Morgan fingerprint density at radius 2 is 2.06 bits per heavy atom. The lowest BCUT2D eigenvalue weighted by molar-refractivity contribution is -0.135. The first-order valence-electron chi connectivity index (χ1n) is 5.98. The standard InChI is InChI=1S/C13H13N3O2/c17-12(15-6-3-7-15)8-16-9-14-11-5-2-1-4-10(11)13(16)18/h1-2,4-5,9H,3,6-8H2. The molecule has 1 aliphatic heterocycles. The lowest BCUT2D eigenvalue weighted by Crippen LogP contribution is -2.44. The van der Waals surface area contributed by atoms with Gasteiger partial charge in [-0.2, -0.15) is 0 Å². The summed E-state index contributed by atoms with van der Waals surface area (Å²) in [6.45, 7) is 1.68. The van der Waals surface area contributed by atoms with Crippen molar-refractivity contribution in [2.75, 3.05) is 13.1 Å². The number of hydrogen-bond acceptors (Lipinski definition) is 3. The Balaban J connectivity index is 1.94. The summed E-state index contributed by atoms with van der Waals surface area (Å²) in [6.07, 6.45) is 2.50. The average molecular weight is 243 g/mol. The van der Waals surface area contributed by atoms with Gasteiger partial charge in [-0.15, -0.1) is 0 Å². The van der Waals surface area contributed by atoms with Crippen molar-refractivity contribution in [2.45, 2.75) is 13.0 Å². The SMILES string of the molecule is O=C(Cn1cnc2ccccc2c1=O)N1CCC1. The highest BCUT2D eigenvalue weighted by Gasteiger charge is 2.20. The van der Waals surface area contributed by atoms with Gasteiger partial charge in [0.05, 0.1) is 17.2 Å². The predicted octanol–water partition coefficient (Wildman–Crippen LogP) is 0.629. The molecule has 0 aliphatic carbocycles. The zero-order valence-corrected chi connectivity index (χ0v) is 9.87. The molecule has 0 saturated carbocycles. The monoisotopic (exact) mass is 243 g/mol. The molecule has 3 rings (SSSR count). The van der Waals surface area contributed by atoms with Crippen molar-refractivity contribution in [1.82, 2.24) is 14.5 Å². The fourth-order valence-corrected chi connectivity index (χ4v) is 2.03. The molecule has 2 aromatic rings. The molecule has 5 nitrogen and oxygen atoms in total. The molecule has 0 atom stereocenters. The summed E-state index contributed by atoms with van der Waals surface area (Å²) < 4.78 is 1.38. The zero-order chi connectivity index (χ0) is 12.5. The van der Waals surface area contributed by atoms with Crippen LogP contribution in [0.25, 0.3) is 10.9 Å². The summed E-state index contributed by atoms with van der Waals surface area (Å²) in [5, 5.41) is 0.552. The number of para-hydroxylation sites is 1. The third-order valence-corrected chi connectivity index (χ3v) is 3.25. The van der Waals surface area contributed by atoms with Gasteiger partial charge in [0.1, 0.15) is 6.54 Å². The average Bonchev–Trinajstić information content (AvgIpc) is 2.31. The number of fused-ring (bicyclic) bond motifs is 1. The molecule has 1 amide bonds. The van der Waals surface area contributed by atoms with Crippen LogP contribution >= 0.6 is 0 Å². The van der Waals surface area contributed by atoms with Crippen molar-refractivity contribution in [2.24, 2.45) is 0 Å². The molecule has 0 N–H and O–H groups in total. The van der Waals surface area contributed by atoms with Gasteiger partial charge in [-0.25, -0.2) is 4.98 Å². The van der Waals surface area contributed by atoms with Crippen molar-refractivity contribution >= 4 is 16.8 Å². The molecular formula is C13H13N3O2. The lowest BCUT2D eigenvalue weighted by Gasteiger charge is -2.30. The molecule has 18 heavy (non-hydrogen) atoms. The molecule has 5 heteroatoms. The second-order valence-electron chi connectivity index (χ2n) is 4.43. The maximum absolute atomic E-state index is 12.1. The summed E-state index contributed by atoms with van der Waals surface area (Å²) >= 11 is 0. The van der Waals surface area contributed by atoms with Crippen LogP contribution in [0.3, 0.4) is 0 Å². The fourth-order valence-electron chi connectivity index (χ4n) is 2.03. The minimum absolute atomic E-state index is 0.0135. The minimum atomic E-state index is -0.158. The minimum Gasteiger partial charge on any atom is -0.341 e. The Bertz CT molecular complexity index is 659. The first-order chi connectivity index (χ1) is 8.75. The quantitative estimate of drug-likeness (QED) is 0.777.